The van der Waals surface area contributed by atoms with Crippen LogP contribution in [0.3, 0.4) is 0 Å². The van der Waals surface area contributed by atoms with Crippen molar-refractivity contribution in [2.24, 2.45) is 0 Å². The molecule has 3 rings (SSSR count). The fourth-order valence-electron chi connectivity index (χ4n) is 3.30. The third-order valence-electron chi connectivity index (χ3n) is 4.97. The van der Waals surface area contributed by atoms with Crippen molar-refractivity contribution in [2.45, 2.75) is 25.7 Å². The van der Waals surface area contributed by atoms with E-state index in [0.717, 1.165) is 5.56 Å². The Morgan fingerprint density at radius 3 is 2.52 bits per heavy atom. The van der Waals surface area contributed by atoms with Gasteiger partial charge in [-0.15, -0.1) is 0 Å². The number of alkyl halides is 2. The van der Waals surface area contributed by atoms with E-state index in [1.165, 1.54) is 12.1 Å². The van der Waals surface area contributed by atoms with Crippen molar-refractivity contribution in [1.29, 1.82) is 5.41 Å². The lowest BCUT2D eigenvalue weighted by atomic mass is 9.99. The predicted molar refractivity (Wildman–Crippen MR) is 128 cm³/mol. The van der Waals surface area contributed by atoms with Crippen molar-refractivity contribution in [2.75, 3.05) is 22.8 Å². The van der Waals surface area contributed by atoms with Crippen molar-refractivity contribution >= 4 is 34.9 Å². The zero-order valence-electron chi connectivity index (χ0n) is 18.2. The zero-order valence-corrected chi connectivity index (χ0v) is 19.1. The molecule has 1 heterocycles. The van der Waals surface area contributed by atoms with Gasteiger partial charge in [-0.05, 0) is 49.2 Å². The number of hydrogen-bond donors (Lipinski definition) is 4. The largest absolute Gasteiger partial charge is 0.484 e. The fourth-order valence-corrected chi connectivity index (χ4v) is 3.68. The van der Waals surface area contributed by atoms with Gasteiger partial charge in [0, 0.05) is 30.8 Å². The average molecular weight is 476 g/mol. The van der Waals surface area contributed by atoms with E-state index in [1.807, 2.05) is 6.92 Å². The van der Waals surface area contributed by atoms with Gasteiger partial charge in [0.25, 0.3) is 0 Å². The molecular formula is C23H24F3N5OS. The Bertz CT molecular complexity index is 1140. The number of ether oxygens (including phenoxy) is 1. The maximum absolute atomic E-state index is 13.3. The summed E-state index contributed by atoms with van der Waals surface area (Å²) in [5, 5.41) is 11.8. The van der Waals surface area contributed by atoms with Crippen molar-refractivity contribution in [1.82, 2.24) is 4.98 Å². The SMILES string of the molecule is CNc1c(C)cnc(N)c1C(=N)c1ccc(NSC(F)F)c(OC(C)c2ccc(F)cc2)c1. The molecule has 1 atom stereocenters. The maximum atomic E-state index is 13.3. The van der Waals surface area contributed by atoms with E-state index in [2.05, 4.69) is 15.0 Å². The van der Waals surface area contributed by atoms with Crippen molar-refractivity contribution in [3.8, 4) is 5.75 Å². The molecule has 0 fully saturated rings. The van der Waals surface area contributed by atoms with Crippen LogP contribution in [0.1, 0.15) is 35.3 Å². The highest BCUT2D eigenvalue weighted by Gasteiger charge is 2.19. The van der Waals surface area contributed by atoms with Gasteiger partial charge in [0.1, 0.15) is 23.5 Å². The Morgan fingerprint density at radius 2 is 1.88 bits per heavy atom. The molecule has 1 unspecified atom stereocenters. The Morgan fingerprint density at radius 1 is 1.18 bits per heavy atom. The van der Waals surface area contributed by atoms with Crippen molar-refractivity contribution < 1.29 is 17.9 Å². The number of nitrogens with zero attached hydrogens (tertiary/aromatic N) is 1. The molecule has 0 aliphatic rings. The van der Waals surface area contributed by atoms with E-state index >= 15 is 0 Å². The van der Waals surface area contributed by atoms with E-state index in [9.17, 15) is 13.2 Å². The lowest BCUT2D eigenvalue weighted by molar-refractivity contribution is 0.228. The van der Waals surface area contributed by atoms with E-state index in [-0.39, 0.29) is 35.0 Å². The standard InChI is InChI=1S/C23H24F3N5OS/c1-12-11-30-22(28)19(21(12)29-3)20(27)15-6-9-17(31-33-23(25)26)18(10-15)32-13(2)14-4-7-16(24)8-5-14/h4-11,13,23,27,31H,1-3H3,(H3,28,29,30). The number of rotatable bonds is 9. The molecule has 0 bridgehead atoms. The summed E-state index contributed by atoms with van der Waals surface area (Å²) < 4.78 is 47.5. The average Bonchev–Trinajstić information content (AvgIpc) is 2.79. The second-order valence-corrected chi connectivity index (χ2v) is 8.00. The Balaban J connectivity index is 2.00. The Hall–Kier alpha value is -3.40. The van der Waals surface area contributed by atoms with Crippen LogP contribution in [0.15, 0.2) is 48.7 Å². The quantitative estimate of drug-likeness (QED) is 0.224. The number of halogens is 3. The molecule has 3 aromatic rings. The maximum Gasteiger partial charge on any atom is 0.302 e. The molecule has 33 heavy (non-hydrogen) atoms. The summed E-state index contributed by atoms with van der Waals surface area (Å²) in [6, 6.07) is 10.6. The van der Waals surface area contributed by atoms with Crippen LogP contribution in [-0.4, -0.2) is 23.5 Å². The first kappa shape index (κ1) is 24.2. The highest BCUT2D eigenvalue weighted by Crippen LogP contribution is 2.35. The van der Waals surface area contributed by atoms with Crippen LogP contribution in [0.2, 0.25) is 0 Å². The molecule has 0 radical (unpaired) electrons. The molecule has 6 nitrogen and oxygen atoms in total. The van der Waals surface area contributed by atoms with Crippen LogP contribution in [0, 0.1) is 18.2 Å². The second-order valence-electron chi connectivity index (χ2n) is 7.20. The molecule has 0 saturated carbocycles. The van der Waals surface area contributed by atoms with Crippen LogP contribution < -0.4 is 20.5 Å². The number of nitrogens with two attached hydrogens (primary N) is 1. The van der Waals surface area contributed by atoms with Gasteiger partial charge in [-0.1, -0.05) is 18.2 Å². The molecule has 5 N–H and O–H groups in total. The van der Waals surface area contributed by atoms with Gasteiger partial charge in [0.05, 0.1) is 22.6 Å². The monoisotopic (exact) mass is 475 g/mol. The van der Waals surface area contributed by atoms with Gasteiger partial charge >= 0.3 is 5.76 Å². The van der Waals surface area contributed by atoms with Gasteiger partial charge in [-0.25, -0.2) is 9.37 Å². The number of hydrogen-bond acceptors (Lipinski definition) is 7. The fraction of sp³-hybridized carbons (Fsp3) is 0.217. The zero-order chi connectivity index (χ0) is 24.1. The highest BCUT2D eigenvalue weighted by molar-refractivity contribution is 8.00. The van der Waals surface area contributed by atoms with Gasteiger partial charge in [-0.3, -0.25) is 5.41 Å². The second kappa shape index (κ2) is 10.5. The first-order valence-corrected chi connectivity index (χ1v) is 10.9. The summed E-state index contributed by atoms with van der Waals surface area (Å²) >= 11 is 0.238. The van der Waals surface area contributed by atoms with Crippen LogP contribution in [-0.2, 0) is 0 Å². The molecule has 0 aliphatic carbocycles. The molecule has 1 aromatic heterocycles. The summed E-state index contributed by atoms with van der Waals surface area (Å²) in [4.78, 5) is 4.15. The number of aryl methyl sites for hydroxylation is 1. The smallest absolute Gasteiger partial charge is 0.302 e. The summed E-state index contributed by atoms with van der Waals surface area (Å²) in [6.07, 6.45) is 1.11. The van der Waals surface area contributed by atoms with Gasteiger partial charge < -0.3 is 20.5 Å². The minimum absolute atomic E-state index is 0.0976. The minimum atomic E-state index is -2.64. The van der Waals surface area contributed by atoms with Crippen LogP contribution in [0.5, 0.6) is 5.75 Å². The van der Waals surface area contributed by atoms with E-state index in [0.29, 0.717) is 28.1 Å². The molecule has 0 saturated heterocycles. The van der Waals surface area contributed by atoms with Crippen molar-refractivity contribution in [3.63, 3.8) is 0 Å². The van der Waals surface area contributed by atoms with E-state index in [4.69, 9.17) is 15.9 Å². The normalized spacial score (nSPS) is 11.8. The topological polar surface area (TPSA) is 96.0 Å². The number of aromatic nitrogens is 1. The van der Waals surface area contributed by atoms with Gasteiger partial charge in [-0.2, -0.15) is 8.78 Å². The minimum Gasteiger partial charge on any atom is -0.484 e. The number of pyridine rings is 1. The van der Waals surface area contributed by atoms with E-state index in [1.54, 1.807) is 50.5 Å². The number of nitrogen functional groups attached to an aromatic ring is 1. The molecule has 0 aliphatic heterocycles. The number of benzene rings is 2. The number of nitrogens with one attached hydrogen (secondary N) is 3. The molecular weight excluding hydrogens is 451 g/mol. The molecule has 174 valence electrons. The molecule has 2 aromatic carbocycles. The van der Waals surface area contributed by atoms with E-state index < -0.39 is 11.9 Å². The highest BCUT2D eigenvalue weighted by atomic mass is 32.2. The Kier molecular flexibility index (Phi) is 7.70. The molecule has 0 spiro atoms. The third kappa shape index (κ3) is 5.70. The first-order chi connectivity index (χ1) is 15.7. The summed E-state index contributed by atoms with van der Waals surface area (Å²) in [5.74, 6) is -2.57. The van der Waals surface area contributed by atoms with Gasteiger partial charge in [0.2, 0.25) is 0 Å². The number of anilines is 3. The summed E-state index contributed by atoms with van der Waals surface area (Å²) in [7, 11) is 1.73. The summed E-state index contributed by atoms with van der Waals surface area (Å²) in [6.45, 7) is 3.61. The van der Waals surface area contributed by atoms with Crippen LogP contribution in [0.25, 0.3) is 0 Å². The van der Waals surface area contributed by atoms with Gasteiger partial charge in [0.15, 0.2) is 0 Å². The first-order valence-electron chi connectivity index (χ1n) is 9.99. The van der Waals surface area contributed by atoms with Crippen LogP contribution >= 0.6 is 11.9 Å². The predicted octanol–water partition coefficient (Wildman–Crippen LogP) is 5.99. The lowest BCUT2D eigenvalue weighted by Crippen LogP contribution is -2.13. The third-order valence-corrected chi connectivity index (χ3v) is 5.49. The van der Waals surface area contributed by atoms with Crippen LogP contribution in [0.4, 0.5) is 30.4 Å². The molecule has 10 heteroatoms. The Labute approximate surface area is 194 Å². The molecule has 0 amide bonds. The van der Waals surface area contributed by atoms with Crippen molar-refractivity contribution in [3.05, 3.63) is 76.7 Å². The lowest BCUT2D eigenvalue weighted by Gasteiger charge is -2.20. The summed E-state index contributed by atoms with van der Waals surface area (Å²) in [5.41, 5.74) is 9.56.